The van der Waals surface area contributed by atoms with Crippen molar-refractivity contribution in [3.8, 4) is 0 Å². The summed E-state index contributed by atoms with van der Waals surface area (Å²) in [6.45, 7) is 4.81. The number of carboxylic acids is 1. The summed E-state index contributed by atoms with van der Waals surface area (Å²) in [5.41, 5.74) is 1.73. The molecule has 1 aliphatic heterocycles. The zero-order chi connectivity index (χ0) is 19.4. The summed E-state index contributed by atoms with van der Waals surface area (Å²) in [5, 5.41) is 20.1. The van der Waals surface area contributed by atoms with Crippen molar-refractivity contribution < 1.29 is 28.2 Å². The number of nitrogens with zero attached hydrogens (tertiary/aromatic N) is 1. The average Bonchev–Trinajstić information content (AvgIpc) is 3.15. The molecule has 0 bridgehead atoms. The maximum absolute atomic E-state index is 10.8. The Morgan fingerprint density at radius 2 is 1.88 bits per heavy atom. The van der Waals surface area contributed by atoms with Crippen LogP contribution in [0.15, 0.2) is 41.8 Å². The lowest BCUT2D eigenvalue weighted by Gasteiger charge is -2.24. The standard InChI is InChI=1S/C16H19NOS.C2HF3O2/c1-13-7-10-19-15(13)11-17-9-8-16(18,12-17)14-5-3-2-4-6-14;3-2(4,5)1(6)7/h2-7,10,18H,8-9,11-12H2,1H3;(H,6,7). The minimum Gasteiger partial charge on any atom is -0.475 e. The predicted molar refractivity (Wildman–Crippen MR) is 93.0 cm³/mol. The largest absolute Gasteiger partial charge is 0.490 e. The number of rotatable bonds is 3. The van der Waals surface area contributed by atoms with Crippen molar-refractivity contribution in [2.75, 3.05) is 13.1 Å². The molecule has 0 amide bonds. The Bertz CT molecular complexity index is 733. The number of carboxylic acid groups (broad SMARTS) is 1. The third-order valence-corrected chi connectivity index (χ3v) is 5.22. The normalized spacial score (nSPS) is 20.5. The molecule has 4 nitrogen and oxygen atoms in total. The van der Waals surface area contributed by atoms with Gasteiger partial charge in [-0.15, -0.1) is 11.3 Å². The molecule has 26 heavy (non-hydrogen) atoms. The Morgan fingerprint density at radius 1 is 1.27 bits per heavy atom. The van der Waals surface area contributed by atoms with Crippen molar-refractivity contribution in [1.29, 1.82) is 0 Å². The number of alkyl halides is 3. The molecular weight excluding hydrogens is 367 g/mol. The summed E-state index contributed by atoms with van der Waals surface area (Å²) in [7, 11) is 0. The first-order chi connectivity index (χ1) is 12.1. The second-order valence-corrected chi connectivity index (χ2v) is 7.19. The van der Waals surface area contributed by atoms with Crippen LogP contribution in [0, 0.1) is 6.92 Å². The molecule has 1 fully saturated rings. The van der Waals surface area contributed by atoms with Crippen LogP contribution in [0.5, 0.6) is 0 Å². The van der Waals surface area contributed by atoms with Crippen LogP contribution in [-0.4, -0.2) is 40.3 Å². The monoisotopic (exact) mass is 387 g/mol. The van der Waals surface area contributed by atoms with Crippen LogP contribution in [0.3, 0.4) is 0 Å². The molecule has 1 aliphatic rings. The van der Waals surface area contributed by atoms with E-state index in [0.717, 1.165) is 31.6 Å². The molecule has 1 saturated heterocycles. The van der Waals surface area contributed by atoms with Crippen molar-refractivity contribution in [2.45, 2.75) is 31.7 Å². The number of β-amino-alcohol motifs (C(OH)–C–C–N with tert-alkyl or cyclic N) is 1. The first kappa shape index (κ1) is 20.4. The van der Waals surface area contributed by atoms with Gasteiger partial charge in [0.25, 0.3) is 0 Å². The molecule has 142 valence electrons. The topological polar surface area (TPSA) is 60.8 Å². The van der Waals surface area contributed by atoms with E-state index in [-0.39, 0.29) is 0 Å². The number of hydrogen-bond acceptors (Lipinski definition) is 4. The third-order valence-electron chi connectivity index (χ3n) is 4.22. The van der Waals surface area contributed by atoms with Gasteiger partial charge >= 0.3 is 12.1 Å². The summed E-state index contributed by atoms with van der Waals surface area (Å²) < 4.78 is 31.7. The smallest absolute Gasteiger partial charge is 0.475 e. The number of halogens is 3. The lowest BCUT2D eigenvalue weighted by Crippen LogP contribution is -2.30. The third kappa shape index (κ3) is 5.30. The van der Waals surface area contributed by atoms with Gasteiger partial charge < -0.3 is 10.2 Å². The minimum absolute atomic E-state index is 0.674. The van der Waals surface area contributed by atoms with Crippen LogP contribution in [0.2, 0.25) is 0 Å². The zero-order valence-corrected chi connectivity index (χ0v) is 15.0. The van der Waals surface area contributed by atoms with Crippen LogP contribution in [0.4, 0.5) is 13.2 Å². The molecule has 2 heterocycles. The van der Waals surface area contributed by atoms with E-state index in [1.165, 1.54) is 10.4 Å². The first-order valence-corrected chi connectivity index (χ1v) is 8.83. The number of aliphatic carboxylic acids is 1. The molecule has 3 rings (SSSR count). The van der Waals surface area contributed by atoms with E-state index >= 15 is 0 Å². The molecule has 1 atom stereocenters. The summed E-state index contributed by atoms with van der Waals surface area (Å²) >= 11 is 1.81. The van der Waals surface area contributed by atoms with E-state index in [0.29, 0.717) is 0 Å². The summed E-state index contributed by atoms with van der Waals surface area (Å²) in [4.78, 5) is 12.7. The fraction of sp³-hybridized carbons (Fsp3) is 0.389. The Labute approximate surface area is 153 Å². The highest BCUT2D eigenvalue weighted by Crippen LogP contribution is 2.33. The quantitative estimate of drug-likeness (QED) is 0.841. The van der Waals surface area contributed by atoms with Crippen LogP contribution in [-0.2, 0) is 16.9 Å². The number of likely N-dealkylation sites (tertiary alicyclic amines) is 1. The average molecular weight is 387 g/mol. The van der Waals surface area contributed by atoms with Crippen LogP contribution in [0.25, 0.3) is 0 Å². The van der Waals surface area contributed by atoms with Gasteiger partial charge in [0.2, 0.25) is 0 Å². The first-order valence-electron chi connectivity index (χ1n) is 7.95. The molecule has 2 aromatic rings. The Kier molecular flexibility index (Phi) is 6.44. The van der Waals surface area contributed by atoms with E-state index < -0.39 is 17.7 Å². The second kappa shape index (κ2) is 8.20. The maximum Gasteiger partial charge on any atom is 0.490 e. The van der Waals surface area contributed by atoms with Gasteiger partial charge in [-0.1, -0.05) is 30.3 Å². The highest BCUT2D eigenvalue weighted by Gasteiger charge is 2.38. The van der Waals surface area contributed by atoms with Gasteiger partial charge in [-0.3, -0.25) is 4.90 Å². The van der Waals surface area contributed by atoms with Gasteiger partial charge in [-0.05, 0) is 35.9 Å². The van der Waals surface area contributed by atoms with E-state index in [1.807, 2.05) is 41.7 Å². The molecule has 0 saturated carbocycles. The van der Waals surface area contributed by atoms with Crippen molar-refractivity contribution in [1.82, 2.24) is 4.90 Å². The van der Waals surface area contributed by atoms with Crippen LogP contribution >= 0.6 is 11.3 Å². The molecule has 8 heteroatoms. The SMILES string of the molecule is Cc1ccsc1CN1CCC(O)(c2ccccc2)C1.O=C(O)C(F)(F)F. The fourth-order valence-corrected chi connectivity index (χ4v) is 3.71. The number of carbonyl (C=O) groups is 1. The predicted octanol–water partition coefficient (Wildman–Crippen LogP) is 3.78. The molecule has 1 aromatic heterocycles. The number of aryl methyl sites for hydroxylation is 1. The number of benzene rings is 1. The molecule has 0 radical (unpaired) electrons. The summed E-state index contributed by atoms with van der Waals surface area (Å²) in [6.07, 6.45) is -4.26. The molecule has 0 spiro atoms. The number of hydrogen-bond donors (Lipinski definition) is 2. The lowest BCUT2D eigenvalue weighted by atomic mass is 9.93. The minimum atomic E-state index is -5.08. The molecular formula is C18H20F3NO3S. The van der Waals surface area contributed by atoms with Crippen molar-refractivity contribution in [2.24, 2.45) is 0 Å². The van der Waals surface area contributed by atoms with Gasteiger partial charge in [-0.2, -0.15) is 13.2 Å². The van der Waals surface area contributed by atoms with Crippen molar-refractivity contribution >= 4 is 17.3 Å². The van der Waals surface area contributed by atoms with E-state index in [4.69, 9.17) is 9.90 Å². The lowest BCUT2D eigenvalue weighted by molar-refractivity contribution is -0.192. The van der Waals surface area contributed by atoms with E-state index in [1.54, 1.807) is 0 Å². The zero-order valence-electron chi connectivity index (χ0n) is 14.2. The van der Waals surface area contributed by atoms with Crippen molar-refractivity contribution in [3.05, 3.63) is 57.8 Å². The molecule has 1 unspecified atom stereocenters. The fourth-order valence-electron chi connectivity index (χ4n) is 2.76. The number of thiophene rings is 1. The van der Waals surface area contributed by atoms with Gasteiger partial charge in [0.05, 0.1) is 0 Å². The maximum atomic E-state index is 10.8. The Hall–Kier alpha value is -1.90. The highest BCUT2D eigenvalue weighted by molar-refractivity contribution is 7.10. The Morgan fingerprint density at radius 3 is 2.38 bits per heavy atom. The van der Waals surface area contributed by atoms with E-state index in [9.17, 15) is 18.3 Å². The van der Waals surface area contributed by atoms with Crippen LogP contribution < -0.4 is 0 Å². The van der Waals surface area contributed by atoms with Gasteiger partial charge in [-0.25, -0.2) is 4.79 Å². The van der Waals surface area contributed by atoms with Gasteiger partial charge in [0, 0.05) is 24.5 Å². The van der Waals surface area contributed by atoms with Gasteiger partial charge in [0.15, 0.2) is 0 Å². The van der Waals surface area contributed by atoms with Crippen molar-refractivity contribution in [3.63, 3.8) is 0 Å². The molecule has 1 aromatic carbocycles. The van der Waals surface area contributed by atoms with Crippen LogP contribution in [0.1, 0.15) is 22.4 Å². The molecule has 0 aliphatic carbocycles. The highest BCUT2D eigenvalue weighted by atomic mass is 32.1. The second-order valence-electron chi connectivity index (χ2n) is 6.19. The summed E-state index contributed by atoms with van der Waals surface area (Å²) in [6, 6.07) is 12.2. The molecule has 2 N–H and O–H groups in total. The van der Waals surface area contributed by atoms with E-state index in [2.05, 4.69) is 23.3 Å². The summed E-state index contributed by atoms with van der Waals surface area (Å²) in [5.74, 6) is -2.76. The Balaban J connectivity index is 0.000000298. The number of aliphatic hydroxyl groups is 1. The van der Waals surface area contributed by atoms with Gasteiger partial charge in [0.1, 0.15) is 5.60 Å².